The third kappa shape index (κ3) is 3.22. The maximum atomic E-state index is 8.58. The van der Waals surface area contributed by atoms with Crippen LogP contribution in [0.5, 0.6) is 11.5 Å². The molecule has 3 nitrogen and oxygen atoms in total. The second kappa shape index (κ2) is 6.04. The molecule has 0 saturated carbocycles. The molecule has 0 N–H and O–H groups in total. The van der Waals surface area contributed by atoms with Gasteiger partial charge in [0, 0.05) is 12.1 Å². The van der Waals surface area contributed by atoms with Crippen molar-refractivity contribution in [3.05, 3.63) is 53.9 Å². The van der Waals surface area contributed by atoms with Gasteiger partial charge in [0.15, 0.2) is 0 Å². The van der Waals surface area contributed by atoms with Crippen LogP contribution in [0.25, 0.3) is 0 Å². The van der Waals surface area contributed by atoms with Gasteiger partial charge in [-0.1, -0.05) is 12.1 Å². The van der Waals surface area contributed by atoms with E-state index < -0.39 is 0 Å². The molecule has 2 rings (SSSR count). The summed E-state index contributed by atoms with van der Waals surface area (Å²) in [7, 11) is 0. The van der Waals surface area contributed by atoms with Crippen LogP contribution in [0.1, 0.15) is 11.1 Å². The van der Waals surface area contributed by atoms with Gasteiger partial charge in [-0.25, -0.2) is 0 Å². The lowest BCUT2D eigenvalue weighted by atomic mass is 10.2. The van der Waals surface area contributed by atoms with E-state index in [4.69, 9.17) is 21.6 Å². The number of hydrogen-bond donors (Lipinski definition) is 0. The van der Waals surface area contributed by atoms with E-state index in [1.54, 1.807) is 12.4 Å². The zero-order chi connectivity index (χ0) is 12.8. The van der Waals surface area contributed by atoms with Gasteiger partial charge in [-0.05, 0) is 29.3 Å². The van der Waals surface area contributed by atoms with Gasteiger partial charge in [0.1, 0.15) is 11.5 Å². The zero-order valence-corrected chi connectivity index (χ0v) is 10.4. The Labute approximate surface area is 111 Å². The highest BCUT2D eigenvalue weighted by Crippen LogP contribution is 2.22. The first kappa shape index (κ1) is 12.4. The highest BCUT2D eigenvalue weighted by molar-refractivity contribution is 6.17. The summed E-state index contributed by atoms with van der Waals surface area (Å²) in [4.78, 5) is 4.05. The molecule has 0 spiro atoms. The fourth-order valence-corrected chi connectivity index (χ4v) is 1.64. The van der Waals surface area contributed by atoms with Gasteiger partial charge in [0.25, 0.3) is 0 Å². The number of rotatable bonds is 4. The minimum absolute atomic E-state index is 0.406. The van der Waals surface area contributed by atoms with Gasteiger partial charge in [-0.15, -0.1) is 11.6 Å². The molecular formula is C14H11ClN2O. The maximum absolute atomic E-state index is 8.58. The molecule has 18 heavy (non-hydrogen) atoms. The van der Waals surface area contributed by atoms with E-state index in [0.717, 1.165) is 11.1 Å². The smallest absolute Gasteiger partial charge is 0.146 e. The molecule has 2 aromatic rings. The summed E-state index contributed by atoms with van der Waals surface area (Å²) in [5.41, 5.74) is 1.88. The molecule has 0 aliphatic heterocycles. The Morgan fingerprint density at radius 1 is 1.11 bits per heavy atom. The van der Waals surface area contributed by atoms with Crippen LogP contribution < -0.4 is 4.74 Å². The number of nitrogens with zero attached hydrogens (tertiary/aromatic N) is 2. The van der Waals surface area contributed by atoms with E-state index in [1.165, 1.54) is 0 Å². The van der Waals surface area contributed by atoms with Crippen LogP contribution in [0.15, 0.2) is 42.7 Å². The summed E-state index contributed by atoms with van der Waals surface area (Å²) >= 11 is 5.73. The van der Waals surface area contributed by atoms with Crippen molar-refractivity contribution in [2.45, 2.75) is 12.3 Å². The van der Waals surface area contributed by atoms with Crippen molar-refractivity contribution in [1.82, 2.24) is 4.98 Å². The zero-order valence-electron chi connectivity index (χ0n) is 9.64. The minimum atomic E-state index is 0.406. The summed E-state index contributed by atoms with van der Waals surface area (Å²) in [6.45, 7) is 0. The molecule has 1 aromatic carbocycles. The first-order valence-corrected chi connectivity index (χ1v) is 5.99. The average Bonchev–Trinajstić information content (AvgIpc) is 2.42. The van der Waals surface area contributed by atoms with E-state index in [0.29, 0.717) is 23.8 Å². The minimum Gasteiger partial charge on any atom is -0.456 e. The van der Waals surface area contributed by atoms with Crippen LogP contribution in [0.2, 0.25) is 0 Å². The maximum Gasteiger partial charge on any atom is 0.146 e. The molecule has 0 radical (unpaired) electrons. The van der Waals surface area contributed by atoms with Gasteiger partial charge < -0.3 is 4.74 Å². The van der Waals surface area contributed by atoms with Gasteiger partial charge in [-0.3, -0.25) is 4.98 Å². The first-order chi connectivity index (χ1) is 8.81. The fourth-order valence-electron chi connectivity index (χ4n) is 1.50. The Kier molecular flexibility index (Phi) is 4.16. The van der Waals surface area contributed by atoms with Gasteiger partial charge >= 0.3 is 0 Å². The Morgan fingerprint density at radius 3 is 2.56 bits per heavy atom. The molecular weight excluding hydrogens is 248 g/mol. The van der Waals surface area contributed by atoms with Gasteiger partial charge in [0.2, 0.25) is 0 Å². The summed E-state index contributed by atoms with van der Waals surface area (Å²) in [6, 6.07) is 11.4. The Hall–Kier alpha value is -2.05. The number of benzene rings is 1. The summed E-state index contributed by atoms with van der Waals surface area (Å²) < 4.78 is 5.65. The van der Waals surface area contributed by atoms with Crippen LogP contribution in [-0.2, 0) is 12.3 Å². The Balaban J connectivity index is 2.11. The standard InChI is InChI=1S/C14H11ClN2O/c15-8-12-7-14(10-17-9-12)18-13-3-1-11(2-4-13)5-6-16/h1-4,7,9-10H,5,8H2. The lowest BCUT2D eigenvalue weighted by molar-refractivity contribution is 0.479. The van der Waals surface area contributed by atoms with E-state index in [1.807, 2.05) is 30.3 Å². The van der Waals surface area contributed by atoms with Crippen molar-refractivity contribution in [2.75, 3.05) is 0 Å². The van der Waals surface area contributed by atoms with Crippen molar-refractivity contribution < 1.29 is 4.74 Å². The monoisotopic (exact) mass is 258 g/mol. The lowest BCUT2D eigenvalue weighted by Gasteiger charge is -2.06. The van der Waals surface area contributed by atoms with E-state index in [9.17, 15) is 0 Å². The second-order valence-corrected chi connectivity index (χ2v) is 4.01. The molecule has 4 heteroatoms. The highest BCUT2D eigenvalue weighted by Gasteiger charge is 2.00. The number of aromatic nitrogens is 1. The third-order valence-corrected chi connectivity index (χ3v) is 2.67. The summed E-state index contributed by atoms with van der Waals surface area (Å²) in [6.07, 6.45) is 3.75. The molecule has 0 fully saturated rings. The molecule has 0 aliphatic carbocycles. The molecule has 1 aromatic heterocycles. The number of halogens is 1. The van der Waals surface area contributed by atoms with Crippen LogP contribution in [0.4, 0.5) is 0 Å². The average molecular weight is 259 g/mol. The van der Waals surface area contributed by atoms with E-state index in [-0.39, 0.29) is 0 Å². The number of pyridine rings is 1. The summed E-state index contributed by atoms with van der Waals surface area (Å²) in [5, 5.41) is 8.58. The molecule has 0 aliphatic rings. The van der Waals surface area contributed by atoms with Gasteiger partial charge in [-0.2, -0.15) is 5.26 Å². The van der Waals surface area contributed by atoms with Crippen molar-refractivity contribution >= 4 is 11.6 Å². The van der Waals surface area contributed by atoms with Crippen molar-refractivity contribution in [3.8, 4) is 17.6 Å². The van der Waals surface area contributed by atoms with Crippen molar-refractivity contribution in [2.24, 2.45) is 0 Å². The van der Waals surface area contributed by atoms with Crippen molar-refractivity contribution in [1.29, 1.82) is 5.26 Å². The predicted molar refractivity (Wildman–Crippen MR) is 69.6 cm³/mol. The van der Waals surface area contributed by atoms with Gasteiger partial charge in [0.05, 0.1) is 18.7 Å². The topological polar surface area (TPSA) is 45.9 Å². The molecule has 0 saturated heterocycles. The molecule has 90 valence electrons. The van der Waals surface area contributed by atoms with E-state index in [2.05, 4.69) is 11.1 Å². The van der Waals surface area contributed by atoms with Crippen LogP contribution in [0.3, 0.4) is 0 Å². The second-order valence-electron chi connectivity index (χ2n) is 3.74. The number of hydrogen-bond acceptors (Lipinski definition) is 3. The molecule has 0 bridgehead atoms. The van der Waals surface area contributed by atoms with Crippen molar-refractivity contribution in [3.63, 3.8) is 0 Å². The van der Waals surface area contributed by atoms with E-state index >= 15 is 0 Å². The predicted octanol–water partition coefficient (Wildman–Crippen LogP) is 3.68. The molecule has 0 atom stereocenters. The molecule has 1 heterocycles. The third-order valence-electron chi connectivity index (χ3n) is 2.37. The summed E-state index contributed by atoms with van der Waals surface area (Å²) in [5.74, 6) is 1.78. The normalized spacial score (nSPS) is 9.78. The lowest BCUT2D eigenvalue weighted by Crippen LogP contribution is -1.88. The largest absolute Gasteiger partial charge is 0.456 e. The number of nitriles is 1. The van der Waals surface area contributed by atoms with Crippen LogP contribution >= 0.6 is 11.6 Å². The first-order valence-electron chi connectivity index (χ1n) is 5.45. The quantitative estimate of drug-likeness (QED) is 0.786. The highest BCUT2D eigenvalue weighted by atomic mass is 35.5. The SMILES string of the molecule is N#CCc1ccc(Oc2cncc(CCl)c2)cc1. The fraction of sp³-hybridized carbons (Fsp3) is 0.143. The number of ether oxygens (including phenoxy) is 1. The Bertz CT molecular complexity index is 561. The Morgan fingerprint density at radius 2 is 1.89 bits per heavy atom. The molecule has 0 unspecified atom stereocenters. The number of alkyl halides is 1. The molecule has 0 amide bonds. The van der Waals surface area contributed by atoms with Crippen LogP contribution in [-0.4, -0.2) is 4.98 Å². The van der Waals surface area contributed by atoms with Crippen LogP contribution in [0, 0.1) is 11.3 Å².